The van der Waals surface area contributed by atoms with Crippen LogP contribution in [0.15, 0.2) is 59.7 Å². The van der Waals surface area contributed by atoms with E-state index in [0.717, 1.165) is 62.8 Å². The number of anilines is 1. The summed E-state index contributed by atoms with van der Waals surface area (Å²) in [6, 6.07) is 9.70. The van der Waals surface area contributed by atoms with Crippen molar-refractivity contribution in [2.24, 2.45) is 13.0 Å². The molecule has 1 atom stereocenters. The minimum absolute atomic E-state index is 0.0351. The third-order valence-electron chi connectivity index (χ3n) is 10.4. The van der Waals surface area contributed by atoms with Crippen LogP contribution in [0, 0.1) is 5.92 Å². The molecule has 53 heavy (non-hydrogen) atoms. The molecule has 4 aromatic heterocycles. The summed E-state index contributed by atoms with van der Waals surface area (Å²) in [5, 5.41) is 10.3. The fourth-order valence-electron chi connectivity index (χ4n) is 7.71. The van der Waals surface area contributed by atoms with E-state index in [4.69, 9.17) is 9.84 Å². The van der Waals surface area contributed by atoms with Gasteiger partial charge in [-0.1, -0.05) is 12.1 Å². The van der Waals surface area contributed by atoms with E-state index < -0.39 is 29.7 Å². The number of carbonyl (C=O) groups excluding carboxylic acids is 3. The van der Waals surface area contributed by atoms with Gasteiger partial charge in [-0.3, -0.25) is 38.4 Å². The molecule has 1 unspecified atom stereocenters. The van der Waals surface area contributed by atoms with E-state index in [9.17, 15) is 32.3 Å². The zero-order valence-electron chi connectivity index (χ0n) is 28.7. The monoisotopic (exact) mass is 731 g/mol. The van der Waals surface area contributed by atoms with Crippen molar-refractivity contribution in [3.8, 4) is 5.75 Å². The van der Waals surface area contributed by atoms with E-state index in [0.29, 0.717) is 28.2 Å². The first-order chi connectivity index (χ1) is 25.4. The Kier molecular flexibility index (Phi) is 8.75. The number of para-hydroxylation sites is 1. The molecule has 1 aliphatic carbocycles. The number of nitrogens with zero attached hydrogens (tertiary/aromatic N) is 7. The third-order valence-corrected chi connectivity index (χ3v) is 10.4. The molecule has 2 aliphatic heterocycles. The number of benzene rings is 1. The third kappa shape index (κ3) is 6.76. The molecule has 3 fully saturated rings. The van der Waals surface area contributed by atoms with Crippen molar-refractivity contribution in [2.75, 3.05) is 25.0 Å². The van der Waals surface area contributed by atoms with Gasteiger partial charge in [0.2, 0.25) is 11.8 Å². The van der Waals surface area contributed by atoms with Gasteiger partial charge in [0, 0.05) is 44.7 Å². The van der Waals surface area contributed by atoms with Crippen LogP contribution in [-0.4, -0.2) is 77.2 Å². The van der Waals surface area contributed by atoms with Crippen molar-refractivity contribution >= 4 is 45.5 Å². The number of imide groups is 1. The lowest BCUT2D eigenvalue weighted by Crippen LogP contribution is -2.55. The number of piperidine rings is 1. The second kappa shape index (κ2) is 13.4. The number of nitrogens with one attached hydrogen (secondary N) is 2. The van der Waals surface area contributed by atoms with Crippen molar-refractivity contribution in [3.05, 3.63) is 76.7 Å². The molecule has 5 aromatic rings. The lowest BCUT2D eigenvalue weighted by molar-refractivity contribution is -0.141. The van der Waals surface area contributed by atoms with Gasteiger partial charge in [-0.2, -0.15) is 18.3 Å². The summed E-state index contributed by atoms with van der Waals surface area (Å²) >= 11 is 0. The van der Waals surface area contributed by atoms with Crippen LogP contribution in [0.5, 0.6) is 5.75 Å². The highest BCUT2D eigenvalue weighted by Gasteiger charge is 2.35. The Morgan fingerprint density at radius 3 is 2.57 bits per heavy atom. The van der Waals surface area contributed by atoms with Gasteiger partial charge < -0.3 is 10.1 Å². The summed E-state index contributed by atoms with van der Waals surface area (Å²) in [6.07, 6.45) is 3.14. The average Bonchev–Trinajstić information content (AvgIpc) is 3.65. The number of halogens is 3. The lowest BCUT2D eigenvalue weighted by atomic mass is 9.85. The minimum Gasteiger partial charge on any atom is -0.485 e. The lowest BCUT2D eigenvalue weighted by Gasteiger charge is -2.42. The number of aryl methyl sites for hydroxylation is 1. The van der Waals surface area contributed by atoms with Gasteiger partial charge in [-0.05, 0) is 68.4 Å². The maximum absolute atomic E-state index is 13.2. The van der Waals surface area contributed by atoms with Crippen LogP contribution in [0.1, 0.15) is 66.8 Å². The molecule has 276 valence electrons. The Balaban J connectivity index is 0.839. The Bertz CT molecular complexity index is 2300. The van der Waals surface area contributed by atoms with Crippen molar-refractivity contribution < 1.29 is 32.3 Å². The second-order valence-corrected chi connectivity index (χ2v) is 14.0. The smallest absolute Gasteiger partial charge is 0.433 e. The minimum atomic E-state index is -4.66. The van der Waals surface area contributed by atoms with Crippen molar-refractivity contribution in [3.63, 3.8) is 0 Å². The van der Waals surface area contributed by atoms with E-state index in [1.54, 1.807) is 19.2 Å². The maximum Gasteiger partial charge on any atom is 0.433 e. The Labute approximate surface area is 299 Å². The first kappa shape index (κ1) is 34.5. The number of rotatable bonds is 8. The second-order valence-electron chi connectivity index (χ2n) is 14.0. The van der Waals surface area contributed by atoms with Crippen molar-refractivity contribution in [1.29, 1.82) is 0 Å². The SMILES string of the molecule is Cn1c(=O)n(C2CCC(=O)NC2=O)c2cccc(OC3CN(C[C@H]4CC[C@H](n5cc6cc(NC(=O)c7cccc(C(F)(F)F)n7)ncc6n5)CC4)C3)c21. The van der Waals surface area contributed by atoms with E-state index in [1.807, 2.05) is 23.0 Å². The molecule has 1 saturated carbocycles. The molecule has 3 aliphatic rings. The molecule has 6 heterocycles. The fourth-order valence-corrected chi connectivity index (χ4v) is 7.71. The van der Waals surface area contributed by atoms with Crippen molar-refractivity contribution in [2.45, 2.75) is 62.9 Å². The standard InChI is InChI=1S/C36H36F3N9O5/c1-45-32-26(48(35(45)52)27-12-13-31(49)43-34(27)51)5-3-6-28(32)53-23-18-46(19-23)16-20-8-10-22(11-9-20)47-17-21-14-30(40-15-25(21)44-47)42-33(50)24-4-2-7-29(41-24)36(37,38)39/h2-7,14-15,17,20,22-23,27H,8-13,16,18-19H2,1H3,(H,42,50)(H,43,49,51)/t20-,22-,27?. The number of hydrogen-bond donors (Lipinski definition) is 2. The normalized spacial score (nSPS) is 21.5. The largest absolute Gasteiger partial charge is 0.485 e. The van der Waals surface area contributed by atoms with Gasteiger partial charge >= 0.3 is 11.9 Å². The zero-order valence-corrected chi connectivity index (χ0v) is 28.7. The van der Waals surface area contributed by atoms with Gasteiger partial charge in [0.15, 0.2) is 0 Å². The number of carbonyl (C=O) groups is 3. The number of pyridine rings is 2. The van der Waals surface area contributed by atoms with Crippen molar-refractivity contribution in [1.82, 2.24) is 39.1 Å². The number of likely N-dealkylation sites (tertiary alicyclic amines) is 1. The van der Waals surface area contributed by atoms with E-state index in [2.05, 4.69) is 25.5 Å². The first-order valence-electron chi connectivity index (χ1n) is 17.5. The molecule has 8 rings (SSSR count). The number of imidazole rings is 1. The number of hydrogen-bond acceptors (Lipinski definition) is 9. The van der Waals surface area contributed by atoms with Gasteiger partial charge in [-0.15, -0.1) is 0 Å². The summed E-state index contributed by atoms with van der Waals surface area (Å²) in [7, 11) is 1.66. The zero-order chi connectivity index (χ0) is 37.0. The predicted molar refractivity (Wildman–Crippen MR) is 185 cm³/mol. The summed E-state index contributed by atoms with van der Waals surface area (Å²) in [5.74, 6) is -0.303. The summed E-state index contributed by atoms with van der Waals surface area (Å²) < 4.78 is 50.4. The summed E-state index contributed by atoms with van der Waals surface area (Å²) in [4.78, 5) is 60.2. The highest BCUT2D eigenvalue weighted by atomic mass is 19.4. The molecule has 0 bridgehead atoms. The van der Waals surface area contributed by atoms with Crippen LogP contribution < -0.4 is 21.1 Å². The molecule has 3 amide bonds. The van der Waals surface area contributed by atoms with E-state index in [-0.39, 0.29) is 48.1 Å². The van der Waals surface area contributed by atoms with E-state index in [1.165, 1.54) is 21.4 Å². The van der Waals surface area contributed by atoms with Crippen LogP contribution in [0.3, 0.4) is 0 Å². The van der Waals surface area contributed by atoms with E-state index >= 15 is 0 Å². The van der Waals surface area contributed by atoms with Crippen LogP contribution in [-0.2, 0) is 22.8 Å². The number of amides is 3. The number of aromatic nitrogens is 6. The molecule has 1 aromatic carbocycles. The highest BCUT2D eigenvalue weighted by Crippen LogP contribution is 2.35. The van der Waals surface area contributed by atoms with Gasteiger partial charge in [0.05, 0.1) is 17.8 Å². The summed E-state index contributed by atoms with van der Waals surface area (Å²) in [6.45, 7) is 2.48. The average molecular weight is 732 g/mol. The fraction of sp³-hybridized carbons (Fsp3) is 0.417. The summed E-state index contributed by atoms with van der Waals surface area (Å²) in [5.41, 5.74) is 0.0264. The molecule has 2 saturated heterocycles. The molecular weight excluding hydrogens is 695 g/mol. The number of alkyl halides is 3. The van der Waals surface area contributed by atoms with Crippen LogP contribution in [0.4, 0.5) is 19.0 Å². The Morgan fingerprint density at radius 1 is 1.04 bits per heavy atom. The molecule has 0 radical (unpaired) electrons. The highest BCUT2D eigenvalue weighted by molar-refractivity contribution is 6.03. The van der Waals surface area contributed by atoms with Gasteiger partial charge in [0.25, 0.3) is 5.91 Å². The van der Waals surface area contributed by atoms with Crippen LogP contribution >= 0.6 is 0 Å². The molecule has 0 spiro atoms. The topological polar surface area (TPSA) is 158 Å². The predicted octanol–water partition coefficient (Wildman–Crippen LogP) is 4.22. The van der Waals surface area contributed by atoms with Crippen LogP contribution in [0.25, 0.3) is 21.9 Å². The maximum atomic E-state index is 13.2. The first-order valence-corrected chi connectivity index (χ1v) is 17.5. The quantitative estimate of drug-likeness (QED) is 0.223. The Hall–Kier alpha value is -5.58. The number of ether oxygens (including phenoxy) is 1. The molecule has 14 nitrogen and oxygen atoms in total. The molecule has 2 N–H and O–H groups in total. The Morgan fingerprint density at radius 2 is 1.81 bits per heavy atom. The molecular formula is C36H36F3N9O5. The number of fused-ring (bicyclic) bond motifs is 2. The van der Waals surface area contributed by atoms with Gasteiger partial charge in [-0.25, -0.2) is 14.8 Å². The van der Waals surface area contributed by atoms with Crippen LogP contribution in [0.2, 0.25) is 0 Å². The molecule has 17 heteroatoms. The van der Waals surface area contributed by atoms with Gasteiger partial charge in [0.1, 0.15) is 46.1 Å².